The third-order valence-corrected chi connectivity index (χ3v) is 30.4. The molecule has 101 heavy (non-hydrogen) atoms. The maximum Gasteiger partial charge on any atom is 0.343 e. The number of nitriles is 1. The number of aryl methyl sites for hydroxylation is 3. The van der Waals surface area contributed by atoms with Gasteiger partial charge in [0.15, 0.2) is 0 Å². The van der Waals surface area contributed by atoms with Gasteiger partial charge < -0.3 is 55.2 Å². The summed E-state index contributed by atoms with van der Waals surface area (Å²) in [5.74, 6) is 1.29. The topological polar surface area (TPSA) is 302 Å². The van der Waals surface area contributed by atoms with Gasteiger partial charge in [0, 0.05) is 66.6 Å². The molecule has 3 N–H and O–H groups in total. The Bertz CT molecular complexity index is 4080. The van der Waals surface area contributed by atoms with Gasteiger partial charge in [0.1, 0.15) is 54.1 Å². The predicted octanol–water partition coefficient (Wildman–Crippen LogP) is 10.4. The van der Waals surface area contributed by atoms with Gasteiger partial charge >= 0.3 is 34.2 Å². The summed E-state index contributed by atoms with van der Waals surface area (Å²) in [4.78, 5) is 87.1. The molecule has 9 rings (SSSR count). The van der Waals surface area contributed by atoms with Crippen LogP contribution in [0.15, 0.2) is 126 Å². The number of H-pyrrole nitrogens is 3. The molecule has 26 nitrogen and oxygen atoms in total. The van der Waals surface area contributed by atoms with Crippen LogP contribution in [-0.4, -0.2) is 140 Å². The molecule has 6 heterocycles. The quantitative estimate of drug-likeness (QED) is 0.0149. The van der Waals surface area contributed by atoms with Gasteiger partial charge in [-0.1, -0.05) is 110 Å². The first-order valence-electron chi connectivity index (χ1n) is 34.8. The summed E-state index contributed by atoms with van der Waals surface area (Å²) in [5, 5.41) is 9.57. The van der Waals surface area contributed by atoms with Gasteiger partial charge in [0.2, 0.25) is 0 Å². The molecule has 3 aromatic carbocycles. The maximum absolute atomic E-state index is 13.9. The molecule has 3 fully saturated rings. The molecule has 10 atom stereocenters. The fourth-order valence-electron chi connectivity index (χ4n) is 14.0. The first-order valence-corrected chi connectivity index (χ1v) is 39.9. The van der Waals surface area contributed by atoms with E-state index in [1.54, 1.807) is 35.0 Å². The fourth-order valence-corrected chi connectivity index (χ4v) is 23.3. The molecule has 0 spiro atoms. The highest BCUT2D eigenvalue weighted by Crippen LogP contribution is 2.51. The van der Waals surface area contributed by atoms with E-state index in [9.17, 15) is 34.0 Å². The lowest BCUT2D eigenvalue weighted by molar-refractivity contribution is -0.0972. The summed E-state index contributed by atoms with van der Waals surface area (Å²) in [6.07, 6.45) is -2.70. The average molecular weight is 1450 g/mol. The Labute approximate surface area is 592 Å². The van der Waals surface area contributed by atoms with Gasteiger partial charge in [-0.2, -0.15) is 5.26 Å². The van der Waals surface area contributed by atoms with Crippen molar-refractivity contribution < 1.29 is 55.2 Å². The molecule has 0 amide bonds. The van der Waals surface area contributed by atoms with Crippen LogP contribution in [0.1, 0.15) is 161 Å². The molecule has 3 aliphatic heterocycles. The molecule has 3 aliphatic rings. The van der Waals surface area contributed by atoms with Gasteiger partial charge in [-0.3, -0.25) is 43.0 Å². The fraction of sp³-hybridized carbons (Fsp3) is 0.569. The van der Waals surface area contributed by atoms with Crippen LogP contribution in [0.5, 0.6) is 11.5 Å². The second-order valence-electron chi connectivity index (χ2n) is 28.0. The van der Waals surface area contributed by atoms with Crippen LogP contribution >= 0.6 is 8.53 Å². The zero-order valence-corrected chi connectivity index (χ0v) is 64.0. The van der Waals surface area contributed by atoms with Crippen molar-refractivity contribution in [3.8, 4) is 17.6 Å². The molecule has 3 saturated heterocycles. The SMILES string of the molecule is COc1ccc(C(OC[C@H]2O[C@@H](n3cc(C)c(=O)[nH]c3=O)C[C@@H]2O[Si](OC[C@H]2O[C@@H](n3cc(C)c(=O)[nH]c3=O)C[C@@H]2O[Si](OC[C@H]2O[C@@H](n3cc(C)c(=O)[nH]c3=O)C[C@@H]2OP(OCCC#N)N(C(C)C)C(C)C)(C(C)C)C(C)C)(C(C)C)C(C)C)(c2ccccc2)c2ccc(OC)cc2)cc1. The van der Waals surface area contributed by atoms with Crippen LogP contribution in [0.2, 0.25) is 22.2 Å². The van der Waals surface area contributed by atoms with Crippen molar-refractivity contribution in [2.75, 3.05) is 40.6 Å². The molecule has 0 saturated carbocycles. The largest absolute Gasteiger partial charge is 0.497 e. The number of aromatic amines is 3. The Morgan fingerprint density at radius 3 is 1.25 bits per heavy atom. The molecule has 550 valence electrons. The lowest BCUT2D eigenvalue weighted by atomic mass is 9.80. The lowest BCUT2D eigenvalue weighted by Gasteiger charge is -2.43. The molecular weight excluding hydrogens is 1350 g/mol. The van der Waals surface area contributed by atoms with E-state index >= 15 is 0 Å². The van der Waals surface area contributed by atoms with Crippen molar-refractivity contribution in [3.63, 3.8) is 0 Å². The predicted molar refractivity (Wildman–Crippen MR) is 386 cm³/mol. The van der Waals surface area contributed by atoms with Crippen LogP contribution in [0.4, 0.5) is 0 Å². The van der Waals surface area contributed by atoms with E-state index in [-0.39, 0.29) is 86.4 Å². The van der Waals surface area contributed by atoms with E-state index in [0.717, 1.165) is 16.7 Å². The van der Waals surface area contributed by atoms with Gasteiger partial charge in [-0.25, -0.2) is 19.1 Å². The Balaban J connectivity index is 1.08. The second-order valence-corrected chi connectivity index (χ2v) is 38.0. The monoisotopic (exact) mass is 1450 g/mol. The number of aromatic nitrogens is 6. The van der Waals surface area contributed by atoms with Crippen molar-refractivity contribution in [3.05, 3.63) is 193 Å². The van der Waals surface area contributed by atoms with E-state index in [2.05, 4.69) is 53.4 Å². The number of nitrogens with zero attached hydrogens (tertiary/aromatic N) is 5. The smallest absolute Gasteiger partial charge is 0.343 e. The Morgan fingerprint density at radius 2 is 0.891 bits per heavy atom. The highest BCUT2D eigenvalue weighted by Gasteiger charge is 2.56. The zero-order valence-electron chi connectivity index (χ0n) is 61.1. The minimum absolute atomic E-state index is 0.0313. The van der Waals surface area contributed by atoms with E-state index in [0.29, 0.717) is 28.2 Å². The number of hydrogen-bond donors (Lipinski definition) is 3. The van der Waals surface area contributed by atoms with Crippen molar-refractivity contribution in [2.45, 2.75) is 225 Å². The van der Waals surface area contributed by atoms with Gasteiger partial charge in [-0.15, -0.1) is 0 Å². The van der Waals surface area contributed by atoms with E-state index in [1.165, 1.54) is 32.3 Å². The van der Waals surface area contributed by atoms with E-state index < -0.39 is 120 Å². The highest BCUT2D eigenvalue weighted by atomic mass is 31.2. The molecular formula is C72H101N8O18PSi2. The maximum atomic E-state index is 13.9. The first kappa shape index (κ1) is 78.4. The summed E-state index contributed by atoms with van der Waals surface area (Å²) in [6.45, 7) is 29.3. The van der Waals surface area contributed by atoms with Crippen molar-refractivity contribution in [2.24, 2.45) is 0 Å². The van der Waals surface area contributed by atoms with Crippen molar-refractivity contribution in [1.82, 2.24) is 33.3 Å². The third-order valence-electron chi connectivity index (χ3n) is 19.3. The minimum Gasteiger partial charge on any atom is -0.497 e. The molecule has 0 bridgehead atoms. The molecule has 29 heteroatoms. The van der Waals surface area contributed by atoms with Gasteiger partial charge in [-0.05, 0) is 112 Å². The average Bonchev–Trinajstić information content (AvgIpc) is 1.55. The number of hydrogen-bond acceptors (Lipinski definition) is 20. The molecule has 1 unspecified atom stereocenters. The van der Waals surface area contributed by atoms with E-state index in [1.807, 2.05) is 134 Å². The number of rotatable bonds is 33. The molecule has 0 aliphatic carbocycles. The molecule has 3 aromatic heterocycles. The summed E-state index contributed by atoms with van der Waals surface area (Å²) >= 11 is 0. The van der Waals surface area contributed by atoms with Crippen LogP contribution in [-0.2, 0) is 51.3 Å². The number of benzene rings is 3. The number of ether oxygens (including phenoxy) is 6. The van der Waals surface area contributed by atoms with Crippen LogP contribution in [0, 0.1) is 32.1 Å². The molecule has 6 aromatic rings. The zero-order chi connectivity index (χ0) is 73.4. The summed E-state index contributed by atoms with van der Waals surface area (Å²) in [7, 11) is -5.85. The minimum atomic E-state index is -3.65. The summed E-state index contributed by atoms with van der Waals surface area (Å²) < 4.78 is 89.5. The number of methoxy groups -OCH3 is 2. The Morgan fingerprint density at radius 1 is 0.535 bits per heavy atom. The Kier molecular flexibility index (Phi) is 26.2. The standard InChI is InChI=1S/C72H101N8O18PSi2/c1-43(2)80(44(3)4)99(90-33-21-32-73)96-57-34-63(77-37-49(13)66(81)74-69(77)84)94-61(57)41-91-100(45(5)6,46(7)8)98-59-36-65(79-39-51(15)68(83)76-71(79)86)95-62(59)42-92-101(47(9)10,48(11)12)97-58-35-64(78-38-50(14)67(82)75-70(78)85)93-60(58)40-89-72(52-22-19-18-20-23-52,53-24-28-55(87-16)29-25-53)54-26-30-56(88-17)31-27-54/h18-20,22-31,37-39,43-48,57-65H,21,33-36,40-42H2,1-17H3,(H,74,81,84)(H,75,82,85)(H,76,83,86)/t57-,58-,59-,60+,61+,62+,63+,64+,65+,99?/m0/s1. The van der Waals surface area contributed by atoms with Crippen molar-refractivity contribution in [1.29, 1.82) is 5.26 Å². The van der Waals surface area contributed by atoms with Crippen LogP contribution < -0.4 is 43.2 Å². The van der Waals surface area contributed by atoms with Crippen molar-refractivity contribution >= 4 is 25.6 Å². The highest BCUT2D eigenvalue weighted by molar-refractivity contribution is 7.44. The summed E-state index contributed by atoms with van der Waals surface area (Å²) in [6, 6.07) is 27.3. The van der Waals surface area contributed by atoms with Gasteiger partial charge in [0.05, 0.1) is 71.4 Å². The van der Waals surface area contributed by atoms with Gasteiger partial charge in [0.25, 0.3) is 25.2 Å². The normalized spacial score (nSPS) is 21.7. The Hall–Kier alpha value is -6.79. The second kappa shape index (κ2) is 33.8. The first-order chi connectivity index (χ1) is 48.0. The van der Waals surface area contributed by atoms with E-state index in [4.69, 9.17) is 55.2 Å². The van der Waals surface area contributed by atoms with Crippen LogP contribution in [0.25, 0.3) is 0 Å². The summed E-state index contributed by atoms with van der Waals surface area (Å²) in [5.41, 5.74) is -2.54. The lowest BCUT2D eigenvalue weighted by Crippen LogP contribution is -2.56. The molecule has 0 radical (unpaired) electrons. The number of nitrogens with one attached hydrogen (secondary N) is 3. The third kappa shape index (κ3) is 17.2. The van der Waals surface area contributed by atoms with Crippen LogP contribution in [0.3, 0.4) is 0 Å².